The van der Waals surface area contributed by atoms with Crippen LogP contribution in [0.4, 0.5) is 5.69 Å². The van der Waals surface area contributed by atoms with Crippen LogP contribution in [0.5, 0.6) is 0 Å². The Kier molecular flexibility index (Phi) is 6.01. The largest absolute Gasteiger partial charge is 0.303 e. The van der Waals surface area contributed by atoms with Crippen molar-refractivity contribution in [1.29, 1.82) is 0 Å². The van der Waals surface area contributed by atoms with Gasteiger partial charge in [-0.2, -0.15) is 9.50 Å². The number of halogens is 2. The van der Waals surface area contributed by atoms with Gasteiger partial charge in [0.05, 0.1) is 17.8 Å². The number of hydrogen-bond acceptors (Lipinski definition) is 5. The van der Waals surface area contributed by atoms with Crippen LogP contribution in [0.15, 0.2) is 76.0 Å². The van der Waals surface area contributed by atoms with Gasteiger partial charge < -0.3 is 4.90 Å². The van der Waals surface area contributed by atoms with E-state index in [1.807, 2.05) is 42.5 Å². The fourth-order valence-corrected chi connectivity index (χ4v) is 6.06. The van der Waals surface area contributed by atoms with Crippen molar-refractivity contribution in [3.05, 3.63) is 108 Å². The van der Waals surface area contributed by atoms with E-state index in [0.29, 0.717) is 38.0 Å². The lowest BCUT2D eigenvalue weighted by molar-refractivity contribution is -0.113. The molecule has 3 heterocycles. The first-order valence-electron chi connectivity index (χ1n) is 12.0. The van der Waals surface area contributed by atoms with Crippen molar-refractivity contribution < 1.29 is 4.79 Å². The minimum atomic E-state index is -0.349. The van der Waals surface area contributed by atoms with E-state index in [-0.39, 0.29) is 16.9 Å². The highest BCUT2D eigenvalue weighted by molar-refractivity contribution is 9.10. The van der Waals surface area contributed by atoms with Gasteiger partial charge in [-0.1, -0.05) is 96.0 Å². The summed E-state index contributed by atoms with van der Waals surface area (Å²) in [6.45, 7) is 6.84. The number of aromatic nitrogens is 3. The molecule has 9 heteroatoms. The Morgan fingerprint density at radius 2 is 1.68 bits per heavy atom. The van der Waals surface area contributed by atoms with Crippen molar-refractivity contribution in [1.82, 2.24) is 14.6 Å². The van der Waals surface area contributed by atoms with Crippen LogP contribution in [-0.4, -0.2) is 20.5 Å². The lowest BCUT2D eigenvalue weighted by Crippen LogP contribution is -2.32. The van der Waals surface area contributed by atoms with Gasteiger partial charge in [-0.25, -0.2) is 0 Å². The molecular formula is C29H22BrClN4O2S. The van der Waals surface area contributed by atoms with E-state index in [1.54, 1.807) is 17.0 Å². The Hall–Kier alpha value is -3.33. The van der Waals surface area contributed by atoms with Gasteiger partial charge in [0.25, 0.3) is 11.5 Å². The van der Waals surface area contributed by atoms with Crippen molar-refractivity contribution in [3.8, 4) is 11.4 Å². The van der Waals surface area contributed by atoms with Crippen molar-refractivity contribution in [2.75, 3.05) is 4.90 Å². The topological polar surface area (TPSA) is 67.6 Å². The Labute approximate surface area is 236 Å². The van der Waals surface area contributed by atoms with E-state index in [1.165, 1.54) is 21.4 Å². The lowest BCUT2D eigenvalue weighted by atomic mass is 9.87. The Morgan fingerprint density at radius 3 is 2.34 bits per heavy atom. The molecule has 190 valence electrons. The maximum absolute atomic E-state index is 13.8. The molecule has 38 heavy (non-hydrogen) atoms. The molecule has 0 aliphatic carbocycles. The predicted octanol–water partition coefficient (Wildman–Crippen LogP) is 6.00. The van der Waals surface area contributed by atoms with Crippen LogP contribution >= 0.6 is 38.9 Å². The maximum Gasteiger partial charge on any atom is 0.291 e. The third-order valence-corrected chi connectivity index (χ3v) is 8.40. The fraction of sp³-hybridized carbons (Fsp3) is 0.172. The molecule has 5 aromatic rings. The first-order valence-corrected chi connectivity index (χ1v) is 14.0. The van der Waals surface area contributed by atoms with Crippen molar-refractivity contribution >= 4 is 61.0 Å². The number of rotatable bonds is 3. The lowest BCUT2D eigenvalue weighted by Gasteiger charge is -2.18. The number of benzene rings is 3. The monoisotopic (exact) mass is 604 g/mol. The maximum atomic E-state index is 13.8. The highest BCUT2D eigenvalue weighted by Gasteiger charge is 2.34. The molecule has 1 amide bonds. The highest BCUT2D eigenvalue weighted by atomic mass is 79.9. The summed E-state index contributed by atoms with van der Waals surface area (Å²) in [6.07, 6.45) is 0. The molecule has 0 saturated heterocycles. The average molecular weight is 606 g/mol. The predicted molar refractivity (Wildman–Crippen MR) is 156 cm³/mol. The SMILES string of the molecule is CC(C)(C)c1ccc(-c2nc3sc(=C4C(=O)N(Cc5ccc(Cl)cc5)c5ccc(Br)cc54)c(=O)n3n2)cc1. The summed E-state index contributed by atoms with van der Waals surface area (Å²) in [5.41, 5.74) is 4.49. The molecule has 1 aliphatic heterocycles. The number of carbonyl (C=O) groups is 1. The smallest absolute Gasteiger partial charge is 0.291 e. The van der Waals surface area contributed by atoms with E-state index in [4.69, 9.17) is 11.6 Å². The van der Waals surface area contributed by atoms with Gasteiger partial charge >= 0.3 is 0 Å². The van der Waals surface area contributed by atoms with Crippen molar-refractivity contribution in [2.24, 2.45) is 0 Å². The normalized spacial score (nSPS) is 15.0. The summed E-state index contributed by atoms with van der Waals surface area (Å²) >= 11 is 10.7. The molecule has 1 aliphatic rings. The van der Waals surface area contributed by atoms with E-state index in [0.717, 1.165) is 21.3 Å². The molecule has 0 saturated carbocycles. The zero-order chi connectivity index (χ0) is 26.8. The van der Waals surface area contributed by atoms with Gasteiger partial charge in [0.15, 0.2) is 5.82 Å². The van der Waals surface area contributed by atoms with E-state index in [2.05, 4.69) is 58.9 Å². The first-order chi connectivity index (χ1) is 18.1. The van der Waals surface area contributed by atoms with E-state index < -0.39 is 0 Å². The minimum absolute atomic E-state index is 0.0371. The van der Waals surface area contributed by atoms with E-state index in [9.17, 15) is 9.59 Å². The second kappa shape index (κ2) is 9.15. The summed E-state index contributed by atoms with van der Waals surface area (Å²) < 4.78 is 2.45. The molecule has 0 atom stereocenters. The van der Waals surface area contributed by atoms with Crippen LogP contribution in [-0.2, 0) is 16.8 Å². The Balaban J connectivity index is 1.45. The number of carbonyl (C=O) groups excluding carboxylic acids is 1. The van der Waals surface area contributed by atoms with Gasteiger partial charge in [0.1, 0.15) is 4.53 Å². The van der Waals surface area contributed by atoms with Gasteiger partial charge in [0, 0.05) is 20.6 Å². The number of fused-ring (bicyclic) bond motifs is 2. The zero-order valence-corrected chi connectivity index (χ0v) is 24.0. The molecule has 2 aromatic heterocycles. The fourth-order valence-electron chi connectivity index (χ4n) is 4.58. The number of hydrogen-bond donors (Lipinski definition) is 0. The summed E-state index contributed by atoms with van der Waals surface area (Å²) in [4.78, 5) is 34.1. The number of thiazole rings is 1. The molecule has 0 unspecified atom stereocenters. The number of amides is 1. The van der Waals surface area contributed by atoms with Crippen LogP contribution in [0.2, 0.25) is 5.02 Å². The van der Waals surface area contributed by atoms with Gasteiger partial charge in [-0.15, -0.1) is 5.10 Å². The summed E-state index contributed by atoms with van der Waals surface area (Å²) in [7, 11) is 0. The van der Waals surface area contributed by atoms with Crippen LogP contribution in [0, 0.1) is 0 Å². The molecule has 0 spiro atoms. The second-order valence-electron chi connectivity index (χ2n) is 10.2. The summed E-state index contributed by atoms with van der Waals surface area (Å²) in [5.74, 6) is 0.253. The molecule has 3 aromatic carbocycles. The van der Waals surface area contributed by atoms with Gasteiger partial charge in [0.2, 0.25) is 4.96 Å². The second-order valence-corrected chi connectivity index (χ2v) is 12.6. The molecule has 0 fully saturated rings. The molecule has 0 bridgehead atoms. The molecule has 0 N–H and O–H groups in total. The number of nitrogens with zero attached hydrogens (tertiary/aromatic N) is 4. The molecular weight excluding hydrogens is 584 g/mol. The van der Waals surface area contributed by atoms with Crippen LogP contribution in [0.1, 0.15) is 37.5 Å². The highest BCUT2D eigenvalue weighted by Crippen LogP contribution is 2.38. The molecule has 6 nitrogen and oxygen atoms in total. The van der Waals surface area contributed by atoms with Crippen LogP contribution in [0.25, 0.3) is 21.9 Å². The average Bonchev–Trinajstić information content (AvgIpc) is 3.51. The Bertz CT molecular complexity index is 1840. The van der Waals surface area contributed by atoms with E-state index >= 15 is 0 Å². The summed E-state index contributed by atoms with van der Waals surface area (Å²) in [5, 5.41) is 5.14. The third-order valence-electron chi connectivity index (χ3n) is 6.63. The first kappa shape index (κ1) is 25.0. The summed E-state index contributed by atoms with van der Waals surface area (Å²) in [6, 6.07) is 21.1. The Morgan fingerprint density at radius 1 is 0.974 bits per heavy atom. The number of anilines is 1. The van der Waals surface area contributed by atoms with Gasteiger partial charge in [-0.3, -0.25) is 9.59 Å². The van der Waals surface area contributed by atoms with Crippen LogP contribution in [0.3, 0.4) is 0 Å². The quantitative estimate of drug-likeness (QED) is 0.253. The molecule has 0 radical (unpaired) electrons. The zero-order valence-electron chi connectivity index (χ0n) is 20.8. The third kappa shape index (κ3) is 4.26. The van der Waals surface area contributed by atoms with Crippen LogP contribution < -0.4 is 15.0 Å². The molecule has 6 rings (SSSR count). The standard InChI is InChI=1S/C29H22BrClN4O2S/c1-29(2,3)18-8-6-17(7-9-18)25-32-28-35(33-25)27(37)24(38-28)23-21-14-19(30)10-13-22(21)34(26(23)36)15-16-4-11-20(31)12-5-16/h4-14H,15H2,1-3H3. The minimum Gasteiger partial charge on any atom is -0.303 e. The van der Waals surface area contributed by atoms with Crippen molar-refractivity contribution in [3.63, 3.8) is 0 Å². The van der Waals surface area contributed by atoms with Crippen molar-refractivity contribution in [2.45, 2.75) is 32.7 Å². The van der Waals surface area contributed by atoms with Gasteiger partial charge in [-0.05, 0) is 46.9 Å².